The summed E-state index contributed by atoms with van der Waals surface area (Å²) in [6.07, 6.45) is -3.45. The number of amides is 1. The van der Waals surface area contributed by atoms with Crippen LogP contribution < -0.4 is 11.2 Å². The molecule has 1 aliphatic rings. The van der Waals surface area contributed by atoms with Crippen molar-refractivity contribution in [3.05, 3.63) is 96.4 Å². The molecule has 1 aliphatic heterocycles. The van der Waals surface area contributed by atoms with Gasteiger partial charge in [-0.25, -0.2) is 18.7 Å². The van der Waals surface area contributed by atoms with E-state index < -0.39 is 53.0 Å². The lowest BCUT2D eigenvalue weighted by molar-refractivity contribution is -0.145. The molecule has 0 spiro atoms. The van der Waals surface area contributed by atoms with Crippen molar-refractivity contribution < 1.29 is 31.9 Å². The number of carbonyl (C=O) groups excluding carboxylic acids is 2. The Hall–Kier alpha value is -4.17. The van der Waals surface area contributed by atoms with E-state index in [1.54, 1.807) is 43.3 Å². The van der Waals surface area contributed by atoms with Gasteiger partial charge < -0.3 is 4.74 Å². The van der Waals surface area contributed by atoms with Gasteiger partial charge in [-0.3, -0.25) is 23.9 Å². The first-order valence-corrected chi connectivity index (χ1v) is 12.9. The lowest BCUT2D eigenvalue weighted by Gasteiger charge is -2.16. The second-order valence-electron chi connectivity index (χ2n) is 8.41. The molecule has 0 unspecified atom stereocenters. The number of carbonyl (C=O) groups is 2. The van der Waals surface area contributed by atoms with Crippen LogP contribution in [0.25, 0.3) is 11.8 Å². The second-order valence-corrected chi connectivity index (χ2v) is 9.83. The van der Waals surface area contributed by atoms with Crippen LogP contribution in [0.2, 0.25) is 5.02 Å². The van der Waals surface area contributed by atoms with E-state index in [4.69, 9.17) is 16.3 Å². The predicted molar refractivity (Wildman–Crippen MR) is 145 cm³/mol. The van der Waals surface area contributed by atoms with Crippen LogP contribution >= 0.6 is 23.4 Å². The molecule has 1 amide bonds. The normalized spacial score (nSPS) is 15.7. The lowest BCUT2D eigenvalue weighted by Crippen LogP contribution is -2.41. The summed E-state index contributed by atoms with van der Waals surface area (Å²) in [6, 6.07) is 10.6. The summed E-state index contributed by atoms with van der Waals surface area (Å²) in [7, 11) is 0.782. The Kier molecular flexibility index (Phi) is 8.54. The molecule has 41 heavy (non-hydrogen) atoms. The number of thioether (sulfide) groups is 1. The van der Waals surface area contributed by atoms with E-state index in [1.165, 1.54) is 0 Å². The van der Waals surface area contributed by atoms with Gasteiger partial charge in [0.2, 0.25) is 0 Å². The number of alkyl halides is 3. The third-order valence-corrected chi connectivity index (χ3v) is 6.97. The summed E-state index contributed by atoms with van der Waals surface area (Å²) in [5.41, 5.74) is -4.71. The van der Waals surface area contributed by atoms with Gasteiger partial charge in [0.25, 0.3) is 11.5 Å². The lowest BCUT2D eigenvalue weighted by atomic mass is 10.2. The molecule has 0 N–H and O–H groups in total. The number of halogens is 5. The summed E-state index contributed by atoms with van der Waals surface area (Å²) in [5.74, 6) is -2.51. The van der Waals surface area contributed by atoms with Gasteiger partial charge in [-0.2, -0.15) is 13.2 Å². The SMILES string of the molecule is CCOC(=O)CN1C(=O)/C(=C/c2ccccc2)S/C1=N\c1cc(-n2c(=O)cc(C(F)(F)F)n(C)c2=O)c(F)cc1Cl. The molecular weight excluding hydrogens is 592 g/mol. The van der Waals surface area contributed by atoms with Crippen molar-refractivity contribution in [2.75, 3.05) is 13.2 Å². The molecule has 0 aliphatic carbocycles. The van der Waals surface area contributed by atoms with Gasteiger partial charge in [-0.15, -0.1) is 0 Å². The van der Waals surface area contributed by atoms with E-state index in [0.29, 0.717) is 5.56 Å². The second kappa shape index (κ2) is 11.7. The number of hydrogen-bond donors (Lipinski definition) is 0. The first-order valence-electron chi connectivity index (χ1n) is 11.7. The van der Waals surface area contributed by atoms with Gasteiger partial charge in [0.15, 0.2) is 5.17 Å². The topological polar surface area (TPSA) is 103 Å². The van der Waals surface area contributed by atoms with Crippen LogP contribution in [0.3, 0.4) is 0 Å². The zero-order valence-electron chi connectivity index (χ0n) is 21.2. The summed E-state index contributed by atoms with van der Waals surface area (Å²) in [6.45, 7) is 1.12. The average Bonchev–Trinajstić information content (AvgIpc) is 3.17. The van der Waals surface area contributed by atoms with Crippen molar-refractivity contribution in [1.29, 1.82) is 0 Å². The van der Waals surface area contributed by atoms with Crippen LogP contribution in [0, 0.1) is 5.82 Å². The summed E-state index contributed by atoms with van der Waals surface area (Å²) < 4.78 is 60.0. The molecule has 1 fully saturated rings. The molecule has 0 saturated carbocycles. The Labute approximate surface area is 238 Å². The Morgan fingerprint density at radius 2 is 1.80 bits per heavy atom. The van der Waals surface area contributed by atoms with Gasteiger partial charge in [-0.1, -0.05) is 41.9 Å². The molecule has 1 saturated heterocycles. The Morgan fingerprint density at radius 1 is 1.12 bits per heavy atom. The number of benzene rings is 2. The first kappa shape index (κ1) is 29.8. The predicted octanol–water partition coefficient (Wildman–Crippen LogP) is 4.51. The summed E-state index contributed by atoms with van der Waals surface area (Å²) >= 11 is 7.06. The molecule has 2 aromatic carbocycles. The minimum atomic E-state index is -5.01. The van der Waals surface area contributed by atoms with Crippen LogP contribution in [0.5, 0.6) is 0 Å². The molecule has 0 atom stereocenters. The number of amidine groups is 1. The number of aromatic nitrogens is 2. The largest absolute Gasteiger partial charge is 0.465 e. The number of aliphatic imine (C=N–C) groups is 1. The van der Waals surface area contributed by atoms with E-state index in [-0.39, 0.29) is 42.6 Å². The maximum Gasteiger partial charge on any atom is 0.431 e. The number of rotatable bonds is 6. The Bertz CT molecular complexity index is 1720. The molecule has 4 rings (SSSR count). The molecule has 0 bridgehead atoms. The molecule has 15 heteroatoms. The fourth-order valence-corrected chi connectivity index (χ4v) is 4.96. The van der Waals surface area contributed by atoms with Gasteiger partial charge in [0, 0.05) is 13.1 Å². The number of hydrogen-bond acceptors (Lipinski definition) is 7. The van der Waals surface area contributed by atoms with E-state index in [1.807, 2.05) is 0 Å². The van der Waals surface area contributed by atoms with Crippen molar-refractivity contribution in [2.24, 2.45) is 12.0 Å². The van der Waals surface area contributed by atoms with Gasteiger partial charge in [0.05, 0.1) is 27.9 Å². The molecular formula is C26H19ClF4N4O5S. The third kappa shape index (κ3) is 6.28. The van der Waals surface area contributed by atoms with Crippen LogP contribution in [-0.4, -0.2) is 44.2 Å². The fourth-order valence-electron chi connectivity index (χ4n) is 3.77. The quantitative estimate of drug-likeness (QED) is 0.231. The number of nitrogens with zero attached hydrogens (tertiary/aromatic N) is 4. The van der Waals surface area contributed by atoms with Crippen molar-refractivity contribution in [1.82, 2.24) is 14.0 Å². The van der Waals surface area contributed by atoms with Crippen molar-refractivity contribution in [3.63, 3.8) is 0 Å². The Morgan fingerprint density at radius 3 is 2.44 bits per heavy atom. The van der Waals surface area contributed by atoms with E-state index in [0.717, 1.165) is 35.8 Å². The van der Waals surface area contributed by atoms with Crippen molar-refractivity contribution in [2.45, 2.75) is 13.1 Å². The van der Waals surface area contributed by atoms with Crippen LogP contribution in [0.15, 0.2) is 68.0 Å². The summed E-state index contributed by atoms with van der Waals surface area (Å²) in [5, 5.41) is -0.363. The zero-order valence-corrected chi connectivity index (χ0v) is 22.8. The van der Waals surface area contributed by atoms with E-state index in [9.17, 15) is 36.7 Å². The molecule has 1 aromatic heterocycles. The minimum absolute atomic E-state index is 0.0528. The van der Waals surface area contributed by atoms with Crippen molar-refractivity contribution >= 4 is 52.2 Å². The highest BCUT2D eigenvalue weighted by molar-refractivity contribution is 8.18. The average molecular weight is 611 g/mol. The Balaban J connectivity index is 1.84. The monoisotopic (exact) mass is 610 g/mol. The van der Waals surface area contributed by atoms with Gasteiger partial charge in [-0.05, 0) is 42.5 Å². The fraction of sp³-hybridized carbons (Fsp3) is 0.192. The van der Waals surface area contributed by atoms with E-state index >= 15 is 0 Å². The van der Waals surface area contributed by atoms with Gasteiger partial charge in [0.1, 0.15) is 18.1 Å². The first-order chi connectivity index (χ1) is 19.3. The third-order valence-electron chi connectivity index (χ3n) is 5.66. The number of esters is 1. The summed E-state index contributed by atoms with van der Waals surface area (Å²) in [4.78, 5) is 56.2. The highest BCUT2D eigenvalue weighted by Crippen LogP contribution is 2.37. The molecule has 0 radical (unpaired) electrons. The van der Waals surface area contributed by atoms with Crippen LogP contribution in [0.1, 0.15) is 18.2 Å². The van der Waals surface area contributed by atoms with Gasteiger partial charge >= 0.3 is 17.8 Å². The number of ether oxygens (including phenoxy) is 1. The molecule has 214 valence electrons. The highest BCUT2D eigenvalue weighted by atomic mass is 35.5. The van der Waals surface area contributed by atoms with E-state index in [2.05, 4.69) is 4.99 Å². The molecule has 2 heterocycles. The zero-order chi connectivity index (χ0) is 30.1. The smallest absolute Gasteiger partial charge is 0.431 e. The van der Waals surface area contributed by atoms with Crippen LogP contribution in [0.4, 0.5) is 23.2 Å². The standard InChI is InChI=1S/C26H19ClF4N4O5S/c1-3-40-22(37)13-34-23(38)19(9-14-7-5-4-6-8-14)41-24(34)32-17-11-18(16(28)10-15(17)27)35-21(36)12-20(26(29,30)31)33(2)25(35)39/h4-12H,3,13H2,1-2H3/b19-9-,32-24-. The maximum absolute atomic E-state index is 15.0. The van der Waals surface area contributed by atoms with Crippen molar-refractivity contribution in [3.8, 4) is 5.69 Å². The maximum atomic E-state index is 15.0. The molecule has 9 nitrogen and oxygen atoms in total. The molecule has 3 aromatic rings. The van der Waals surface area contributed by atoms with Crippen LogP contribution in [-0.2, 0) is 27.5 Å². The minimum Gasteiger partial charge on any atom is -0.465 e. The highest BCUT2D eigenvalue weighted by Gasteiger charge is 2.36.